The van der Waals surface area contributed by atoms with Crippen molar-refractivity contribution in [2.24, 2.45) is 0 Å². The van der Waals surface area contributed by atoms with Gasteiger partial charge in [0.05, 0.1) is 12.2 Å². The number of rotatable bonds is 4. The standard InChI is InChI=1S/C25H27BrO3/c1-6-29-23(28)17-10-7-16(8-11-17)9-12-18-13-20-19(14-21(18)26)24(2,3)15-22(27)25(20,4)5/h7-14H,6,15H2,1-5H3. The van der Waals surface area contributed by atoms with Crippen LogP contribution in [0.3, 0.4) is 0 Å². The van der Waals surface area contributed by atoms with E-state index in [2.05, 4.69) is 41.9 Å². The van der Waals surface area contributed by atoms with Crippen LogP contribution in [0.1, 0.15) is 73.7 Å². The highest BCUT2D eigenvalue weighted by Gasteiger charge is 2.43. The third kappa shape index (κ3) is 4.23. The van der Waals surface area contributed by atoms with E-state index in [-0.39, 0.29) is 17.2 Å². The van der Waals surface area contributed by atoms with Crippen LogP contribution in [0.15, 0.2) is 40.9 Å². The van der Waals surface area contributed by atoms with Gasteiger partial charge in [0.2, 0.25) is 0 Å². The number of hydrogen-bond donors (Lipinski definition) is 0. The fourth-order valence-corrected chi connectivity index (χ4v) is 4.27. The van der Waals surface area contributed by atoms with E-state index in [0.717, 1.165) is 21.2 Å². The molecule has 0 amide bonds. The lowest BCUT2D eigenvalue weighted by Gasteiger charge is -2.40. The Labute approximate surface area is 181 Å². The van der Waals surface area contributed by atoms with Gasteiger partial charge in [-0.3, -0.25) is 4.79 Å². The van der Waals surface area contributed by atoms with Gasteiger partial charge in [0.1, 0.15) is 5.78 Å². The molecule has 0 fully saturated rings. The molecule has 0 radical (unpaired) electrons. The minimum absolute atomic E-state index is 0.171. The minimum Gasteiger partial charge on any atom is -0.462 e. The van der Waals surface area contributed by atoms with E-state index in [0.29, 0.717) is 18.6 Å². The van der Waals surface area contributed by atoms with Crippen molar-refractivity contribution in [2.45, 2.75) is 51.9 Å². The summed E-state index contributed by atoms with van der Waals surface area (Å²) in [7, 11) is 0. The molecule has 2 aromatic rings. The molecule has 4 heteroatoms. The van der Waals surface area contributed by atoms with Crippen molar-refractivity contribution in [3.8, 4) is 0 Å². The van der Waals surface area contributed by atoms with E-state index in [1.807, 2.05) is 38.1 Å². The zero-order chi connectivity index (χ0) is 21.4. The molecule has 1 aliphatic rings. The number of benzene rings is 2. The Kier molecular flexibility index (Phi) is 5.86. The highest BCUT2D eigenvalue weighted by atomic mass is 79.9. The quantitative estimate of drug-likeness (QED) is 0.400. The van der Waals surface area contributed by atoms with Gasteiger partial charge < -0.3 is 4.74 Å². The zero-order valence-electron chi connectivity index (χ0n) is 17.6. The van der Waals surface area contributed by atoms with Gasteiger partial charge in [-0.2, -0.15) is 0 Å². The monoisotopic (exact) mass is 454 g/mol. The maximum absolute atomic E-state index is 12.7. The Morgan fingerprint density at radius 3 is 2.34 bits per heavy atom. The molecule has 0 unspecified atom stereocenters. The largest absolute Gasteiger partial charge is 0.462 e. The lowest BCUT2D eigenvalue weighted by molar-refractivity contribution is -0.125. The van der Waals surface area contributed by atoms with Crippen molar-refractivity contribution in [3.63, 3.8) is 0 Å². The Bertz CT molecular complexity index is 982. The number of Topliss-reactive ketones (excluding diaryl/α,β-unsaturated/α-hetero) is 1. The Morgan fingerprint density at radius 1 is 1.07 bits per heavy atom. The van der Waals surface area contributed by atoms with E-state index < -0.39 is 5.41 Å². The molecular formula is C25H27BrO3. The molecule has 0 aliphatic heterocycles. The molecule has 3 rings (SSSR count). The fourth-order valence-electron chi connectivity index (χ4n) is 3.79. The topological polar surface area (TPSA) is 43.4 Å². The average molecular weight is 455 g/mol. The number of ether oxygens (including phenoxy) is 1. The number of hydrogen-bond acceptors (Lipinski definition) is 3. The number of esters is 1. The van der Waals surface area contributed by atoms with E-state index >= 15 is 0 Å². The van der Waals surface area contributed by atoms with Crippen molar-refractivity contribution in [1.29, 1.82) is 0 Å². The Balaban J connectivity index is 1.94. The summed E-state index contributed by atoms with van der Waals surface area (Å²) >= 11 is 3.70. The van der Waals surface area contributed by atoms with Crippen molar-refractivity contribution in [3.05, 3.63) is 68.7 Å². The summed E-state index contributed by atoms with van der Waals surface area (Å²) in [6.07, 6.45) is 4.59. The molecule has 0 N–H and O–H groups in total. The molecule has 152 valence electrons. The molecule has 2 aromatic carbocycles. The maximum atomic E-state index is 12.7. The second kappa shape index (κ2) is 7.91. The van der Waals surface area contributed by atoms with Crippen molar-refractivity contribution in [1.82, 2.24) is 0 Å². The Hall–Kier alpha value is -2.20. The van der Waals surface area contributed by atoms with Crippen LogP contribution in [-0.2, 0) is 20.4 Å². The average Bonchev–Trinajstić information content (AvgIpc) is 2.66. The van der Waals surface area contributed by atoms with Crippen LogP contribution >= 0.6 is 15.9 Å². The molecule has 29 heavy (non-hydrogen) atoms. The Morgan fingerprint density at radius 2 is 1.72 bits per heavy atom. The number of carbonyl (C=O) groups is 2. The molecule has 1 aliphatic carbocycles. The van der Waals surface area contributed by atoms with Crippen LogP contribution in [0.2, 0.25) is 0 Å². The molecule has 0 saturated carbocycles. The minimum atomic E-state index is -0.491. The summed E-state index contributed by atoms with van der Waals surface area (Å²) in [4.78, 5) is 24.5. The van der Waals surface area contributed by atoms with Crippen LogP contribution < -0.4 is 0 Å². The number of halogens is 1. The molecule has 0 atom stereocenters. The van der Waals surface area contributed by atoms with E-state index in [9.17, 15) is 9.59 Å². The molecule has 3 nitrogen and oxygen atoms in total. The van der Waals surface area contributed by atoms with Gasteiger partial charge in [0, 0.05) is 16.3 Å². The summed E-state index contributed by atoms with van der Waals surface area (Å²) in [6.45, 7) is 10.4. The molecule has 0 heterocycles. The third-order valence-electron chi connectivity index (χ3n) is 5.72. The van der Waals surface area contributed by atoms with Crippen molar-refractivity contribution in [2.75, 3.05) is 6.61 Å². The first-order chi connectivity index (χ1) is 13.6. The van der Waals surface area contributed by atoms with Crippen molar-refractivity contribution >= 4 is 39.8 Å². The van der Waals surface area contributed by atoms with Crippen LogP contribution in [-0.4, -0.2) is 18.4 Å². The fraction of sp³-hybridized carbons (Fsp3) is 0.360. The van der Waals surface area contributed by atoms with Crippen LogP contribution in [0.5, 0.6) is 0 Å². The summed E-state index contributed by atoms with van der Waals surface area (Å²) in [6, 6.07) is 11.6. The molecular weight excluding hydrogens is 428 g/mol. The van der Waals surface area contributed by atoms with Gasteiger partial charge in [0.15, 0.2) is 0 Å². The van der Waals surface area contributed by atoms with Gasteiger partial charge in [-0.1, -0.05) is 54.1 Å². The first-order valence-corrected chi connectivity index (χ1v) is 10.7. The lowest BCUT2D eigenvalue weighted by atomic mass is 9.62. The first-order valence-electron chi connectivity index (χ1n) is 9.89. The van der Waals surface area contributed by atoms with Crippen LogP contribution in [0.4, 0.5) is 0 Å². The van der Waals surface area contributed by atoms with Gasteiger partial charge in [0.25, 0.3) is 0 Å². The van der Waals surface area contributed by atoms with E-state index in [1.165, 1.54) is 5.56 Å². The molecule has 0 spiro atoms. The highest BCUT2D eigenvalue weighted by molar-refractivity contribution is 9.10. The second-order valence-electron chi connectivity index (χ2n) is 8.70. The van der Waals surface area contributed by atoms with Gasteiger partial charge in [-0.25, -0.2) is 4.79 Å². The lowest BCUT2D eigenvalue weighted by Crippen LogP contribution is -2.42. The normalized spacial score (nSPS) is 17.2. The summed E-state index contributed by atoms with van der Waals surface area (Å²) in [5, 5.41) is 0. The number of fused-ring (bicyclic) bond motifs is 1. The molecule has 0 bridgehead atoms. The third-order valence-corrected chi connectivity index (χ3v) is 6.40. The van der Waals surface area contributed by atoms with Gasteiger partial charge in [-0.15, -0.1) is 0 Å². The van der Waals surface area contributed by atoms with Crippen molar-refractivity contribution < 1.29 is 14.3 Å². The summed E-state index contributed by atoms with van der Waals surface area (Å²) in [5.41, 5.74) is 4.21. The highest BCUT2D eigenvalue weighted by Crippen LogP contribution is 2.45. The van der Waals surface area contributed by atoms with Gasteiger partial charge >= 0.3 is 5.97 Å². The molecule has 0 aromatic heterocycles. The molecule has 0 saturated heterocycles. The van der Waals surface area contributed by atoms with Crippen LogP contribution in [0, 0.1) is 0 Å². The first kappa shape index (κ1) is 21.5. The van der Waals surface area contributed by atoms with E-state index in [1.54, 1.807) is 19.1 Å². The second-order valence-corrected chi connectivity index (χ2v) is 9.56. The van der Waals surface area contributed by atoms with Crippen LogP contribution in [0.25, 0.3) is 12.2 Å². The van der Waals surface area contributed by atoms with E-state index in [4.69, 9.17) is 4.74 Å². The number of carbonyl (C=O) groups excluding carboxylic acids is 2. The summed E-state index contributed by atoms with van der Waals surface area (Å²) in [5.74, 6) is -0.0308. The summed E-state index contributed by atoms with van der Waals surface area (Å²) < 4.78 is 6.03. The predicted molar refractivity (Wildman–Crippen MR) is 121 cm³/mol. The maximum Gasteiger partial charge on any atom is 0.338 e. The predicted octanol–water partition coefficient (Wildman–Crippen LogP) is 6.32. The number of ketones is 1. The SMILES string of the molecule is CCOC(=O)c1ccc(C=Cc2cc3c(cc2Br)C(C)(C)CC(=O)C3(C)C)cc1. The van der Waals surface area contributed by atoms with Gasteiger partial charge in [-0.05, 0) is 72.7 Å². The smallest absolute Gasteiger partial charge is 0.338 e. The zero-order valence-corrected chi connectivity index (χ0v) is 19.2.